The maximum atomic E-state index is 12.0. The van der Waals surface area contributed by atoms with E-state index in [2.05, 4.69) is 0 Å². The van der Waals surface area contributed by atoms with Gasteiger partial charge in [-0.05, 0) is 24.7 Å². The Kier molecular flexibility index (Phi) is 6.27. The molecule has 0 amide bonds. The molecule has 2 aliphatic carbocycles. The molecule has 22 heavy (non-hydrogen) atoms. The second-order valence-electron chi connectivity index (χ2n) is 7.25. The molecule has 2 rings (SSSR count). The fourth-order valence-corrected chi connectivity index (χ4v) is 4.70. The van der Waals surface area contributed by atoms with E-state index in [-0.39, 0.29) is 11.8 Å². The topological polar surface area (TPSA) is 74.6 Å². The zero-order chi connectivity index (χ0) is 16.0. The molecule has 0 aromatic heterocycles. The highest BCUT2D eigenvalue weighted by Gasteiger charge is 2.54. The van der Waals surface area contributed by atoms with Crippen LogP contribution in [0.15, 0.2) is 0 Å². The molecule has 0 aromatic carbocycles. The van der Waals surface area contributed by atoms with Gasteiger partial charge < -0.3 is 10.2 Å². The molecular weight excluding hydrogens is 280 g/mol. The van der Waals surface area contributed by atoms with Gasteiger partial charge in [0.1, 0.15) is 0 Å². The fourth-order valence-electron chi connectivity index (χ4n) is 4.70. The molecule has 1 atom stereocenters. The smallest absolute Gasteiger partial charge is 0.321 e. The van der Waals surface area contributed by atoms with Crippen molar-refractivity contribution in [1.29, 1.82) is 0 Å². The maximum Gasteiger partial charge on any atom is 0.321 e. The predicted octanol–water partition coefficient (Wildman–Crippen LogP) is 4.47. The van der Waals surface area contributed by atoms with Crippen molar-refractivity contribution in [2.24, 2.45) is 17.3 Å². The van der Waals surface area contributed by atoms with Gasteiger partial charge in [-0.1, -0.05) is 70.6 Å². The molecule has 0 saturated heterocycles. The molecule has 2 saturated carbocycles. The van der Waals surface area contributed by atoms with Gasteiger partial charge in [-0.2, -0.15) is 0 Å². The fraction of sp³-hybridized carbons (Fsp3) is 0.889. The Balaban J connectivity index is 2.30. The Morgan fingerprint density at radius 2 is 1.14 bits per heavy atom. The van der Waals surface area contributed by atoms with E-state index < -0.39 is 17.4 Å². The van der Waals surface area contributed by atoms with Crippen LogP contribution in [0.1, 0.15) is 83.5 Å². The lowest BCUT2D eigenvalue weighted by Gasteiger charge is -2.40. The van der Waals surface area contributed by atoms with Crippen molar-refractivity contribution in [2.75, 3.05) is 0 Å². The molecule has 0 aliphatic heterocycles. The summed E-state index contributed by atoms with van der Waals surface area (Å²) >= 11 is 0. The summed E-state index contributed by atoms with van der Waals surface area (Å²) in [6, 6.07) is 0. The van der Waals surface area contributed by atoms with Crippen LogP contribution in [-0.2, 0) is 9.59 Å². The first-order valence-corrected chi connectivity index (χ1v) is 9.06. The molecule has 4 heteroatoms. The van der Waals surface area contributed by atoms with Gasteiger partial charge in [-0.25, -0.2) is 0 Å². The van der Waals surface area contributed by atoms with Crippen LogP contribution in [0.3, 0.4) is 0 Å². The first-order valence-electron chi connectivity index (χ1n) is 9.06. The summed E-state index contributed by atoms with van der Waals surface area (Å²) in [6.07, 6.45) is 12.8. The summed E-state index contributed by atoms with van der Waals surface area (Å²) in [7, 11) is 0. The third-order valence-electron chi connectivity index (χ3n) is 5.95. The largest absolute Gasteiger partial charge is 0.480 e. The highest BCUT2D eigenvalue weighted by Crippen LogP contribution is 2.47. The molecule has 0 spiro atoms. The van der Waals surface area contributed by atoms with E-state index in [1.54, 1.807) is 0 Å². The van der Waals surface area contributed by atoms with Crippen LogP contribution in [0.2, 0.25) is 0 Å². The zero-order valence-electron chi connectivity index (χ0n) is 13.6. The average Bonchev–Trinajstić information content (AvgIpc) is 2.39. The van der Waals surface area contributed by atoms with E-state index in [0.717, 1.165) is 57.8 Å². The summed E-state index contributed by atoms with van der Waals surface area (Å²) in [6.45, 7) is 0. The number of hydrogen-bond donors (Lipinski definition) is 2. The second-order valence-corrected chi connectivity index (χ2v) is 7.25. The first-order chi connectivity index (χ1) is 10.6. The first kappa shape index (κ1) is 17.3. The second kappa shape index (κ2) is 7.98. The average molecular weight is 310 g/mol. The lowest BCUT2D eigenvalue weighted by Crippen LogP contribution is -2.49. The molecule has 0 bridgehead atoms. The lowest BCUT2D eigenvalue weighted by atomic mass is 9.61. The molecule has 0 radical (unpaired) electrons. The van der Waals surface area contributed by atoms with Crippen LogP contribution in [0.25, 0.3) is 0 Å². The van der Waals surface area contributed by atoms with E-state index in [0.29, 0.717) is 6.42 Å². The molecule has 4 nitrogen and oxygen atoms in total. The normalized spacial score (nSPS) is 27.9. The Labute approximate surface area is 133 Å². The van der Waals surface area contributed by atoms with E-state index in [1.807, 2.05) is 0 Å². The van der Waals surface area contributed by atoms with E-state index in [1.165, 1.54) is 19.3 Å². The number of carbonyl (C=O) groups is 2. The Bertz CT molecular complexity index is 369. The molecule has 2 aliphatic rings. The van der Waals surface area contributed by atoms with Crippen LogP contribution >= 0.6 is 0 Å². The molecule has 0 heterocycles. The number of rotatable bonds is 3. The van der Waals surface area contributed by atoms with Crippen LogP contribution in [0, 0.1) is 17.3 Å². The Morgan fingerprint density at radius 1 is 0.682 bits per heavy atom. The summed E-state index contributed by atoms with van der Waals surface area (Å²) in [4.78, 5) is 24.0. The van der Waals surface area contributed by atoms with Crippen molar-refractivity contribution < 1.29 is 19.8 Å². The summed E-state index contributed by atoms with van der Waals surface area (Å²) in [5.74, 6) is -2.13. The molecule has 2 N–H and O–H groups in total. The van der Waals surface area contributed by atoms with Crippen molar-refractivity contribution in [1.82, 2.24) is 0 Å². The molecule has 0 aromatic rings. The zero-order valence-corrected chi connectivity index (χ0v) is 13.6. The third kappa shape index (κ3) is 3.64. The lowest BCUT2D eigenvalue weighted by molar-refractivity contribution is -0.173. The number of carboxylic acids is 2. The van der Waals surface area contributed by atoms with Gasteiger partial charge >= 0.3 is 11.9 Å². The monoisotopic (exact) mass is 310 g/mol. The third-order valence-corrected chi connectivity index (χ3v) is 5.95. The van der Waals surface area contributed by atoms with Gasteiger partial charge in [0.05, 0.1) is 0 Å². The standard InChI is InChI=1S/C18H30O4/c19-16(20)18(17(21)22)13-9-5-4-8-12-15(18)14-10-6-2-1-3-7-11-14/h14-15H,1-13H2,(H,19,20)(H,21,22). The summed E-state index contributed by atoms with van der Waals surface area (Å²) in [5, 5.41) is 19.6. The van der Waals surface area contributed by atoms with E-state index in [4.69, 9.17) is 0 Å². The van der Waals surface area contributed by atoms with Gasteiger partial charge in [-0.15, -0.1) is 0 Å². The molecule has 126 valence electrons. The van der Waals surface area contributed by atoms with Gasteiger partial charge in [0.15, 0.2) is 5.41 Å². The van der Waals surface area contributed by atoms with Crippen LogP contribution in [0.5, 0.6) is 0 Å². The number of aliphatic carboxylic acids is 2. The quantitative estimate of drug-likeness (QED) is 0.754. The highest BCUT2D eigenvalue weighted by atomic mass is 16.4. The minimum Gasteiger partial charge on any atom is -0.480 e. The minimum absolute atomic E-state index is 0.194. The van der Waals surface area contributed by atoms with Gasteiger partial charge in [0.25, 0.3) is 0 Å². The van der Waals surface area contributed by atoms with Gasteiger partial charge in [0.2, 0.25) is 0 Å². The van der Waals surface area contributed by atoms with Crippen molar-refractivity contribution >= 4 is 11.9 Å². The maximum absolute atomic E-state index is 12.0. The van der Waals surface area contributed by atoms with Crippen LogP contribution in [-0.4, -0.2) is 22.2 Å². The Morgan fingerprint density at radius 3 is 1.68 bits per heavy atom. The Hall–Kier alpha value is -1.06. The summed E-state index contributed by atoms with van der Waals surface area (Å²) in [5.41, 5.74) is -1.55. The molecule has 1 unspecified atom stereocenters. The highest BCUT2D eigenvalue weighted by molar-refractivity contribution is 5.98. The molecular formula is C18H30O4. The van der Waals surface area contributed by atoms with Crippen molar-refractivity contribution in [2.45, 2.75) is 83.5 Å². The SMILES string of the molecule is O=C(O)C1(C(=O)O)CCCCCCC1C1CCCCCCC1. The van der Waals surface area contributed by atoms with Gasteiger partial charge in [0, 0.05) is 0 Å². The predicted molar refractivity (Wildman–Crippen MR) is 84.7 cm³/mol. The van der Waals surface area contributed by atoms with E-state index in [9.17, 15) is 19.8 Å². The van der Waals surface area contributed by atoms with Crippen molar-refractivity contribution in [3.05, 3.63) is 0 Å². The van der Waals surface area contributed by atoms with Crippen LogP contribution in [0.4, 0.5) is 0 Å². The minimum atomic E-state index is -1.55. The van der Waals surface area contributed by atoms with Gasteiger partial charge in [-0.3, -0.25) is 9.59 Å². The van der Waals surface area contributed by atoms with Crippen LogP contribution < -0.4 is 0 Å². The van der Waals surface area contributed by atoms with E-state index >= 15 is 0 Å². The van der Waals surface area contributed by atoms with Crippen molar-refractivity contribution in [3.63, 3.8) is 0 Å². The number of carboxylic acid groups (broad SMARTS) is 2. The number of hydrogen-bond acceptors (Lipinski definition) is 2. The molecule has 2 fully saturated rings. The summed E-state index contributed by atoms with van der Waals surface area (Å²) < 4.78 is 0. The van der Waals surface area contributed by atoms with Crippen molar-refractivity contribution in [3.8, 4) is 0 Å².